The van der Waals surface area contributed by atoms with Crippen molar-refractivity contribution in [3.8, 4) is 0 Å². The molecule has 1 fully saturated rings. The van der Waals surface area contributed by atoms with Gasteiger partial charge in [-0.3, -0.25) is 19.8 Å². The van der Waals surface area contributed by atoms with Crippen LogP contribution in [0.2, 0.25) is 5.02 Å². The van der Waals surface area contributed by atoms with E-state index in [1.807, 2.05) is 4.90 Å². The van der Waals surface area contributed by atoms with Crippen molar-refractivity contribution in [3.63, 3.8) is 0 Å². The van der Waals surface area contributed by atoms with Gasteiger partial charge in [-0.2, -0.15) is 4.98 Å². The van der Waals surface area contributed by atoms with Gasteiger partial charge in [-0.05, 0) is 45.0 Å². The molecule has 1 aromatic carbocycles. The van der Waals surface area contributed by atoms with Crippen molar-refractivity contribution < 1.29 is 18.7 Å². The van der Waals surface area contributed by atoms with Crippen molar-refractivity contribution in [2.24, 2.45) is 5.92 Å². The smallest absolute Gasteiger partial charge is 0.309 e. The number of ether oxygens (including phenoxy) is 1. The average molecular weight is 366 g/mol. The Labute approximate surface area is 150 Å². The molecule has 3 rings (SSSR count). The van der Waals surface area contributed by atoms with E-state index in [2.05, 4.69) is 10.3 Å². The first-order chi connectivity index (χ1) is 12.0. The summed E-state index contributed by atoms with van der Waals surface area (Å²) >= 11 is 5.90. The first kappa shape index (κ1) is 17.7. The molecule has 0 radical (unpaired) electrons. The molecule has 0 spiro atoms. The van der Waals surface area contributed by atoms with Crippen molar-refractivity contribution in [1.29, 1.82) is 0 Å². The SMILES string of the molecule is CCOC(=O)C1CCN(CC(=O)Nc2nc3ccc(Cl)cc3o2)CC1. The molecule has 25 heavy (non-hydrogen) atoms. The minimum atomic E-state index is -0.202. The molecule has 134 valence electrons. The zero-order chi connectivity index (χ0) is 17.8. The number of nitrogens with zero attached hydrogens (tertiary/aromatic N) is 2. The first-order valence-electron chi connectivity index (χ1n) is 8.30. The van der Waals surface area contributed by atoms with Crippen LogP contribution in [0.4, 0.5) is 6.01 Å². The van der Waals surface area contributed by atoms with Crippen LogP contribution in [0.5, 0.6) is 0 Å². The van der Waals surface area contributed by atoms with Crippen LogP contribution >= 0.6 is 11.6 Å². The molecule has 0 atom stereocenters. The fourth-order valence-electron chi connectivity index (χ4n) is 2.90. The fourth-order valence-corrected chi connectivity index (χ4v) is 3.06. The number of likely N-dealkylation sites (tertiary alicyclic amines) is 1. The van der Waals surface area contributed by atoms with E-state index in [0.29, 0.717) is 48.7 Å². The van der Waals surface area contributed by atoms with Gasteiger partial charge >= 0.3 is 12.0 Å². The van der Waals surface area contributed by atoms with Crippen molar-refractivity contribution in [1.82, 2.24) is 9.88 Å². The topological polar surface area (TPSA) is 84.7 Å². The molecule has 0 bridgehead atoms. The van der Waals surface area contributed by atoms with E-state index in [4.69, 9.17) is 20.8 Å². The van der Waals surface area contributed by atoms with Crippen molar-refractivity contribution in [2.75, 3.05) is 31.6 Å². The number of hydrogen-bond acceptors (Lipinski definition) is 6. The summed E-state index contributed by atoms with van der Waals surface area (Å²) in [4.78, 5) is 30.1. The Bertz CT molecular complexity index is 768. The van der Waals surface area contributed by atoms with Gasteiger partial charge in [0.05, 0.1) is 19.1 Å². The number of anilines is 1. The molecule has 1 N–H and O–H groups in total. The summed E-state index contributed by atoms with van der Waals surface area (Å²) in [5.41, 5.74) is 1.16. The predicted octanol–water partition coefficient (Wildman–Crippen LogP) is 2.69. The van der Waals surface area contributed by atoms with Crippen molar-refractivity contribution in [3.05, 3.63) is 23.2 Å². The third kappa shape index (κ3) is 4.49. The van der Waals surface area contributed by atoms with E-state index >= 15 is 0 Å². The molecule has 1 amide bonds. The summed E-state index contributed by atoms with van der Waals surface area (Å²) in [6.07, 6.45) is 1.40. The largest absolute Gasteiger partial charge is 0.466 e. The van der Waals surface area contributed by atoms with Gasteiger partial charge in [0.25, 0.3) is 0 Å². The Morgan fingerprint density at radius 2 is 2.16 bits per heavy atom. The minimum Gasteiger partial charge on any atom is -0.466 e. The highest BCUT2D eigenvalue weighted by Crippen LogP contribution is 2.23. The maximum Gasteiger partial charge on any atom is 0.309 e. The quantitative estimate of drug-likeness (QED) is 0.820. The third-order valence-electron chi connectivity index (χ3n) is 4.17. The Morgan fingerprint density at radius 1 is 1.40 bits per heavy atom. The maximum absolute atomic E-state index is 12.2. The van der Waals surface area contributed by atoms with E-state index < -0.39 is 0 Å². The number of amides is 1. The number of rotatable bonds is 5. The number of oxazole rings is 1. The van der Waals surface area contributed by atoms with Crippen molar-refractivity contribution in [2.45, 2.75) is 19.8 Å². The summed E-state index contributed by atoms with van der Waals surface area (Å²) in [5.74, 6) is -0.412. The monoisotopic (exact) mass is 365 g/mol. The molecule has 1 aliphatic heterocycles. The van der Waals surface area contributed by atoms with Crippen LogP contribution in [-0.4, -0.2) is 48.0 Å². The lowest BCUT2D eigenvalue weighted by atomic mass is 9.97. The number of fused-ring (bicyclic) bond motifs is 1. The Hall–Kier alpha value is -2.12. The Kier molecular flexibility index (Phi) is 5.55. The van der Waals surface area contributed by atoms with Gasteiger partial charge in [0.2, 0.25) is 5.91 Å². The van der Waals surface area contributed by atoms with Crippen LogP contribution in [0.3, 0.4) is 0 Å². The second-order valence-corrected chi connectivity index (χ2v) is 6.42. The summed E-state index contributed by atoms with van der Waals surface area (Å²) in [7, 11) is 0. The molecule has 1 aromatic heterocycles. The standard InChI is InChI=1S/C17H20ClN3O4/c1-2-24-16(23)11-5-7-21(8-6-11)10-15(22)20-17-19-13-4-3-12(18)9-14(13)25-17/h3-4,9,11H,2,5-8,10H2,1H3,(H,19,20,22). The zero-order valence-electron chi connectivity index (χ0n) is 14.0. The lowest BCUT2D eigenvalue weighted by molar-refractivity contribution is -0.149. The van der Waals surface area contributed by atoms with Crippen LogP contribution in [0.15, 0.2) is 22.6 Å². The molecule has 8 heteroatoms. The lowest BCUT2D eigenvalue weighted by Crippen LogP contribution is -2.41. The zero-order valence-corrected chi connectivity index (χ0v) is 14.7. The molecule has 0 saturated carbocycles. The molecule has 2 aromatic rings. The van der Waals surface area contributed by atoms with E-state index in [-0.39, 0.29) is 30.4 Å². The molecular formula is C17H20ClN3O4. The van der Waals surface area contributed by atoms with Gasteiger partial charge in [0, 0.05) is 11.1 Å². The van der Waals surface area contributed by atoms with Crippen LogP contribution in [0, 0.1) is 5.92 Å². The molecule has 0 aliphatic carbocycles. The number of hydrogen-bond donors (Lipinski definition) is 1. The Morgan fingerprint density at radius 3 is 2.88 bits per heavy atom. The summed E-state index contributed by atoms with van der Waals surface area (Å²) in [6, 6.07) is 5.26. The summed E-state index contributed by atoms with van der Waals surface area (Å²) in [6.45, 7) is 3.80. The average Bonchev–Trinajstić information content (AvgIpc) is 2.96. The van der Waals surface area contributed by atoms with Gasteiger partial charge in [0.15, 0.2) is 5.58 Å². The molecule has 2 heterocycles. The van der Waals surface area contributed by atoms with E-state index in [1.54, 1.807) is 25.1 Å². The van der Waals surface area contributed by atoms with E-state index in [1.165, 1.54) is 0 Å². The highest BCUT2D eigenvalue weighted by Gasteiger charge is 2.27. The van der Waals surface area contributed by atoms with Gasteiger partial charge in [-0.1, -0.05) is 11.6 Å². The van der Waals surface area contributed by atoms with E-state index in [9.17, 15) is 9.59 Å². The van der Waals surface area contributed by atoms with Crippen LogP contribution in [0.25, 0.3) is 11.1 Å². The fraction of sp³-hybridized carbons (Fsp3) is 0.471. The minimum absolute atomic E-state index is 0.0685. The number of benzene rings is 1. The second-order valence-electron chi connectivity index (χ2n) is 5.98. The molecule has 1 saturated heterocycles. The molecule has 1 aliphatic rings. The molecule has 7 nitrogen and oxygen atoms in total. The van der Waals surface area contributed by atoms with Gasteiger partial charge in [-0.15, -0.1) is 0 Å². The van der Waals surface area contributed by atoms with Crippen LogP contribution in [0.1, 0.15) is 19.8 Å². The third-order valence-corrected chi connectivity index (χ3v) is 4.41. The van der Waals surface area contributed by atoms with Gasteiger partial charge in [-0.25, -0.2) is 0 Å². The predicted molar refractivity (Wildman–Crippen MR) is 93.4 cm³/mol. The normalized spacial score (nSPS) is 16.1. The number of carbonyl (C=O) groups excluding carboxylic acids is 2. The highest BCUT2D eigenvalue weighted by atomic mass is 35.5. The lowest BCUT2D eigenvalue weighted by Gasteiger charge is -2.29. The van der Waals surface area contributed by atoms with Gasteiger partial charge in [0.1, 0.15) is 5.52 Å². The van der Waals surface area contributed by atoms with Crippen LogP contribution < -0.4 is 5.32 Å². The Balaban J connectivity index is 1.50. The number of esters is 1. The number of halogens is 1. The number of carbonyl (C=O) groups is 2. The summed E-state index contributed by atoms with van der Waals surface area (Å²) in [5, 5.41) is 3.21. The van der Waals surface area contributed by atoms with Gasteiger partial charge < -0.3 is 9.15 Å². The maximum atomic E-state index is 12.2. The number of piperidine rings is 1. The number of aromatic nitrogens is 1. The van der Waals surface area contributed by atoms with E-state index in [0.717, 1.165) is 0 Å². The second kappa shape index (κ2) is 7.84. The molecule has 0 unspecified atom stereocenters. The first-order valence-corrected chi connectivity index (χ1v) is 8.68. The van der Waals surface area contributed by atoms with Crippen molar-refractivity contribution >= 4 is 40.6 Å². The number of nitrogens with one attached hydrogen (secondary N) is 1. The highest BCUT2D eigenvalue weighted by molar-refractivity contribution is 6.31. The molecular weight excluding hydrogens is 346 g/mol. The van der Waals surface area contributed by atoms with Crippen LogP contribution in [-0.2, 0) is 14.3 Å². The summed E-state index contributed by atoms with van der Waals surface area (Å²) < 4.78 is 10.5.